The smallest absolute Gasteiger partial charge is 0.0440 e. The van der Waals surface area contributed by atoms with E-state index >= 15 is 0 Å². The van der Waals surface area contributed by atoms with Crippen LogP contribution < -0.4 is 0 Å². The zero-order valence-electron chi connectivity index (χ0n) is 17.2. The second kappa shape index (κ2) is 8.22. The molecular weight excluding hydrogens is 392 g/mol. The van der Waals surface area contributed by atoms with Gasteiger partial charge in [0.05, 0.1) is 0 Å². The predicted octanol–water partition coefficient (Wildman–Crippen LogP) is 9.14. The SMILES string of the molecule is C=C/C=C(\C=C)c1c(-c2ccccc2)c2scc(-c3ccccc3)c2c2ccccc12. The Balaban J connectivity index is 2.02. The molecule has 148 valence electrons. The third-order valence-electron chi connectivity index (χ3n) is 5.69. The van der Waals surface area contributed by atoms with Gasteiger partial charge in [0.2, 0.25) is 0 Å². The lowest BCUT2D eigenvalue weighted by Gasteiger charge is -2.17. The first-order chi connectivity index (χ1) is 15.3. The van der Waals surface area contributed by atoms with Crippen molar-refractivity contribution in [1.29, 1.82) is 0 Å². The molecular formula is C30H22S. The van der Waals surface area contributed by atoms with Gasteiger partial charge in [-0.1, -0.05) is 116 Å². The fraction of sp³-hybridized carbons (Fsp3) is 0. The van der Waals surface area contributed by atoms with E-state index in [1.807, 2.05) is 23.5 Å². The van der Waals surface area contributed by atoms with Crippen LogP contribution >= 0.6 is 11.3 Å². The molecule has 0 unspecified atom stereocenters. The Hall–Kier alpha value is -3.68. The Bertz CT molecular complexity index is 1430. The maximum absolute atomic E-state index is 4.12. The molecule has 0 bridgehead atoms. The normalized spacial score (nSPS) is 11.7. The molecule has 1 aromatic heterocycles. The van der Waals surface area contributed by atoms with Crippen LogP contribution in [0.1, 0.15) is 5.56 Å². The first-order valence-electron chi connectivity index (χ1n) is 10.4. The molecule has 0 aliphatic carbocycles. The molecule has 5 aromatic rings. The van der Waals surface area contributed by atoms with E-state index in [2.05, 4.69) is 110 Å². The van der Waals surface area contributed by atoms with Crippen molar-refractivity contribution in [2.75, 3.05) is 0 Å². The van der Waals surface area contributed by atoms with Crippen LogP contribution in [0.4, 0.5) is 0 Å². The second-order valence-electron chi connectivity index (χ2n) is 7.44. The van der Waals surface area contributed by atoms with Crippen molar-refractivity contribution in [2.45, 2.75) is 0 Å². The fourth-order valence-corrected chi connectivity index (χ4v) is 5.53. The van der Waals surface area contributed by atoms with Crippen LogP contribution in [0.2, 0.25) is 0 Å². The summed E-state index contributed by atoms with van der Waals surface area (Å²) >= 11 is 1.82. The molecule has 0 amide bonds. The van der Waals surface area contributed by atoms with Crippen molar-refractivity contribution in [2.24, 2.45) is 0 Å². The topological polar surface area (TPSA) is 0 Å². The summed E-state index contributed by atoms with van der Waals surface area (Å²) in [7, 11) is 0. The van der Waals surface area contributed by atoms with Gasteiger partial charge in [-0.05, 0) is 38.4 Å². The summed E-state index contributed by atoms with van der Waals surface area (Å²) in [4.78, 5) is 0. The first kappa shape index (κ1) is 19.3. The van der Waals surface area contributed by atoms with E-state index < -0.39 is 0 Å². The van der Waals surface area contributed by atoms with Gasteiger partial charge in [-0.3, -0.25) is 0 Å². The van der Waals surface area contributed by atoms with Crippen molar-refractivity contribution in [3.8, 4) is 22.3 Å². The lowest BCUT2D eigenvalue weighted by molar-refractivity contribution is 1.64. The van der Waals surface area contributed by atoms with Gasteiger partial charge in [0.15, 0.2) is 0 Å². The van der Waals surface area contributed by atoms with Crippen LogP contribution in [0.15, 0.2) is 122 Å². The fourth-order valence-electron chi connectivity index (χ4n) is 4.37. The molecule has 0 saturated heterocycles. The number of fused-ring (bicyclic) bond motifs is 3. The highest BCUT2D eigenvalue weighted by Crippen LogP contribution is 2.48. The van der Waals surface area contributed by atoms with Crippen LogP contribution in [-0.4, -0.2) is 0 Å². The largest absolute Gasteiger partial charge is 0.142 e. The number of allylic oxidation sites excluding steroid dienone is 4. The third kappa shape index (κ3) is 3.24. The summed E-state index contributed by atoms with van der Waals surface area (Å²) in [6, 6.07) is 30.1. The molecule has 4 aromatic carbocycles. The van der Waals surface area contributed by atoms with Crippen molar-refractivity contribution in [1.82, 2.24) is 0 Å². The molecule has 0 atom stereocenters. The van der Waals surface area contributed by atoms with Gasteiger partial charge in [-0.2, -0.15) is 0 Å². The molecule has 0 fully saturated rings. The van der Waals surface area contributed by atoms with Gasteiger partial charge in [-0.25, -0.2) is 0 Å². The van der Waals surface area contributed by atoms with E-state index in [9.17, 15) is 0 Å². The highest BCUT2D eigenvalue weighted by molar-refractivity contribution is 7.18. The average Bonchev–Trinajstić information content (AvgIpc) is 3.28. The minimum atomic E-state index is 1.08. The van der Waals surface area contributed by atoms with E-state index in [0.29, 0.717) is 0 Å². The van der Waals surface area contributed by atoms with Crippen molar-refractivity contribution in [3.05, 3.63) is 127 Å². The second-order valence-corrected chi connectivity index (χ2v) is 8.32. The first-order valence-corrected chi connectivity index (χ1v) is 11.2. The number of benzene rings is 4. The maximum atomic E-state index is 4.12. The molecule has 1 heterocycles. The Morgan fingerprint density at radius 2 is 1.32 bits per heavy atom. The molecule has 0 spiro atoms. The predicted molar refractivity (Wildman–Crippen MR) is 139 cm³/mol. The molecule has 0 aliphatic rings. The molecule has 0 aliphatic heterocycles. The zero-order chi connectivity index (χ0) is 21.2. The molecule has 0 nitrogen and oxygen atoms in total. The Morgan fingerprint density at radius 1 is 0.710 bits per heavy atom. The van der Waals surface area contributed by atoms with Gasteiger partial charge < -0.3 is 0 Å². The van der Waals surface area contributed by atoms with Gasteiger partial charge in [0.25, 0.3) is 0 Å². The molecule has 1 heteroatoms. The Kier molecular flexibility index (Phi) is 5.11. The van der Waals surface area contributed by atoms with Gasteiger partial charge in [0, 0.05) is 21.2 Å². The highest BCUT2D eigenvalue weighted by Gasteiger charge is 2.21. The molecule has 0 saturated carbocycles. The molecule has 5 rings (SSSR count). The number of thiophene rings is 1. The van der Waals surface area contributed by atoms with E-state index in [0.717, 1.165) is 5.57 Å². The lowest BCUT2D eigenvalue weighted by atomic mass is 9.86. The minimum Gasteiger partial charge on any atom is -0.142 e. The van der Waals surface area contributed by atoms with E-state index in [4.69, 9.17) is 0 Å². The van der Waals surface area contributed by atoms with Gasteiger partial charge >= 0.3 is 0 Å². The quantitative estimate of drug-likeness (QED) is 0.251. The van der Waals surface area contributed by atoms with Crippen molar-refractivity contribution < 1.29 is 0 Å². The average molecular weight is 415 g/mol. The summed E-state index contributed by atoms with van der Waals surface area (Å²) < 4.78 is 1.30. The Morgan fingerprint density at radius 3 is 1.97 bits per heavy atom. The summed E-state index contributed by atoms with van der Waals surface area (Å²) in [5.74, 6) is 0. The zero-order valence-corrected chi connectivity index (χ0v) is 18.0. The summed E-state index contributed by atoms with van der Waals surface area (Å²) in [5, 5.41) is 6.12. The minimum absolute atomic E-state index is 1.08. The van der Waals surface area contributed by atoms with Gasteiger partial charge in [0.1, 0.15) is 0 Å². The van der Waals surface area contributed by atoms with Crippen LogP contribution in [0.25, 0.3) is 48.7 Å². The summed E-state index contributed by atoms with van der Waals surface area (Å²) in [6.45, 7) is 8.06. The maximum Gasteiger partial charge on any atom is 0.0440 e. The van der Waals surface area contributed by atoms with Gasteiger partial charge in [-0.15, -0.1) is 11.3 Å². The van der Waals surface area contributed by atoms with Crippen LogP contribution in [-0.2, 0) is 0 Å². The number of hydrogen-bond donors (Lipinski definition) is 0. The van der Waals surface area contributed by atoms with Crippen molar-refractivity contribution >= 4 is 37.8 Å². The molecule has 0 N–H and O–H groups in total. The van der Waals surface area contributed by atoms with E-state index in [1.54, 1.807) is 0 Å². The standard InChI is InChI=1S/C30H22S/c1-3-13-21(4-2)27-24-18-11-12-19-25(24)29-26(22-14-7-5-8-15-22)20-31-30(29)28(27)23-16-9-6-10-17-23/h3-20H,1-2H2/b21-13+. The van der Waals surface area contributed by atoms with E-state index in [1.165, 1.54) is 48.7 Å². The lowest BCUT2D eigenvalue weighted by Crippen LogP contribution is -1.93. The Labute approximate surface area is 187 Å². The molecule has 0 radical (unpaired) electrons. The number of hydrogen-bond acceptors (Lipinski definition) is 1. The highest BCUT2D eigenvalue weighted by atomic mass is 32.1. The molecule has 31 heavy (non-hydrogen) atoms. The van der Waals surface area contributed by atoms with E-state index in [-0.39, 0.29) is 0 Å². The van der Waals surface area contributed by atoms with Crippen LogP contribution in [0, 0.1) is 0 Å². The van der Waals surface area contributed by atoms with Crippen molar-refractivity contribution in [3.63, 3.8) is 0 Å². The third-order valence-corrected chi connectivity index (χ3v) is 6.68. The van der Waals surface area contributed by atoms with Crippen LogP contribution in [0.3, 0.4) is 0 Å². The summed E-state index contributed by atoms with van der Waals surface area (Å²) in [5.41, 5.74) is 7.30. The van der Waals surface area contributed by atoms with Crippen LogP contribution in [0.5, 0.6) is 0 Å². The monoisotopic (exact) mass is 414 g/mol. The number of rotatable bonds is 5. The summed E-state index contributed by atoms with van der Waals surface area (Å²) in [6.07, 6.45) is 5.83.